The molecule has 1 N–H and O–H groups in total. The minimum Gasteiger partial charge on any atom is -0.406 e. The zero-order valence-electron chi connectivity index (χ0n) is 19.6. The lowest BCUT2D eigenvalue weighted by atomic mass is 10.0. The van der Waals surface area contributed by atoms with Crippen molar-refractivity contribution in [1.82, 2.24) is 14.9 Å². The Kier molecular flexibility index (Phi) is 7.36. The molecule has 2 aromatic carbocycles. The molecule has 1 saturated heterocycles. The molecular weight excluding hydrogens is 505 g/mol. The van der Waals surface area contributed by atoms with Crippen molar-refractivity contribution in [2.45, 2.75) is 19.3 Å². The van der Waals surface area contributed by atoms with Gasteiger partial charge in [0, 0.05) is 36.0 Å². The Morgan fingerprint density at radius 1 is 1.08 bits per heavy atom. The predicted octanol–water partition coefficient (Wildman–Crippen LogP) is 5.27. The number of pyridine rings is 1. The first kappa shape index (κ1) is 25.1. The van der Waals surface area contributed by atoms with Gasteiger partial charge in [0.05, 0.1) is 36.5 Å². The van der Waals surface area contributed by atoms with Crippen LogP contribution in [-0.4, -0.2) is 53.4 Å². The number of fused-ring (bicyclic) bond motifs is 1. The largest absolute Gasteiger partial charge is 0.573 e. The number of aromatic nitrogens is 2. The normalized spacial score (nSPS) is 14.6. The Morgan fingerprint density at radius 2 is 1.89 bits per heavy atom. The first-order chi connectivity index (χ1) is 17.8. The molecule has 192 valence electrons. The Hall–Kier alpha value is -3.54. The summed E-state index contributed by atoms with van der Waals surface area (Å²) in [5.41, 5.74) is 3.14. The van der Waals surface area contributed by atoms with Crippen LogP contribution >= 0.6 is 11.3 Å². The number of carbonyl (C=O) groups is 1. The van der Waals surface area contributed by atoms with Gasteiger partial charge in [-0.15, -0.1) is 24.5 Å². The smallest absolute Gasteiger partial charge is 0.406 e. The number of ether oxygens (including phenoxy) is 2. The number of nitrogens with zero attached hydrogens (tertiary/aromatic N) is 3. The molecular formula is C26H23F3N4O3S. The molecule has 0 radical (unpaired) electrons. The summed E-state index contributed by atoms with van der Waals surface area (Å²) in [4.78, 5) is 24.3. The van der Waals surface area contributed by atoms with Crippen LogP contribution in [0.4, 0.5) is 18.3 Å². The topological polar surface area (TPSA) is 76.6 Å². The van der Waals surface area contributed by atoms with Gasteiger partial charge in [0.2, 0.25) is 5.91 Å². The molecule has 1 aliphatic heterocycles. The van der Waals surface area contributed by atoms with Gasteiger partial charge in [0.15, 0.2) is 5.13 Å². The molecule has 7 nitrogen and oxygen atoms in total. The fourth-order valence-corrected chi connectivity index (χ4v) is 4.84. The van der Waals surface area contributed by atoms with E-state index in [-0.39, 0.29) is 18.1 Å². The van der Waals surface area contributed by atoms with Gasteiger partial charge >= 0.3 is 6.36 Å². The molecule has 0 aliphatic carbocycles. The van der Waals surface area contributed by atoms with Crippen LogP contribution in [0.5, 0.6) is 5.75 Å². The fraction of sp³-hybridized carbons (Fsp3) is 0.269. The van der Waals surface area contributed by atoms with E-state index in [0.29, 0.717) is 47.2 Å². The number of carbonyl (C=O) groups excluding carboxylic acids is 1. The van der Waals surface area contributed by atoms with E-state index >= 15 is 0 Å². The van der Waals surface area contributed by atoms with Gasteiger partial charge in [0.1, 0.15) is 5.75 Å². The number of thiazole rings is 1. The third-order valence-corrected chi connectivity index (χ3v) is 6.61. The van der Waals surface area contributed by atoms with E-state index in [9.17, 15) is 18.0 Å². The van der Waals surface area contributed by atoms with Gasteiger partial charge in [-0.05, 0) is 23.8 Å². The van der Waals surface area contributed by atoms with Crippen molar-refractivity contribution in [3.63, 3.8) is 0 Å². The summed E-state index contributed by atoms with van der Waals surface area (Å²) in [7, 11) is 0. The number of para-hydroxylation sites is 1. The van der Waals surface area contributed by atoms with Gasteiger partial charge in [-0.1, -0.05) is 36.4 Å². The second kappa shape index (κ2) is 10.8. The lowest BCUT2D eigenvalue weighted by Crippen LogP contribution is -2.35. The van der Waals surface area contributed by atoms with Crippen molar-refractivity contribution >= 4 is 33.3 Å². The molecule has 1 aliphatic rings. The quantitative estimate of drug-likeness (QED) is 0.352. The van der Waals surface area contributed by atoms with Gasteiger partial charge in [0.25, 0.3) is 0 Å². The third-order valence-electron chi connectivity index (χ3n) is 5.81. The molecule has 0 bridgehead atoms. The van der Waals surface area contributed by atoms with Crippen molar-refractivity contribution in [3.8, 4) is 17.0 Å². The summed E-state index contributed by atoms with van der Waals surface area (Å²) >= 11 is 1.38. The third kappa shape index (κ3) is 6.62. The molecule has 37 heavy (non-hydrogen) atoms. The molecule has 0 unspecified atom stereocenters. The number of hydrogen-bond donors (Lipinski definition) is 1. The van der Waals surface area contributed by atoms with Crippen molar-refractivity contribution in [2.75, 3.05) is 31.6 Å². The number of alkyl halides is 3. The summed E-state index contributed by atoms with van der Waals surface area (Å²) in [6, 6.07) is 14.7. The number of hydrogen-bond acceptors (Lipinski definition) is 7. The standard InChI is InChI=1S/C26H23F3N4O3S/c27-26(28,29)36-21-6-2-4-18(13-21)22-8-7-17-3-1-5-19(24(17)31-22)14-23(34)32-25-30-20(16-37-25)15-33-9-11-35-12-10-33/h1-8,13,16H,9-12,14-15H2,(H,30,32,34). The van der Waals surface area contributed by atoms with Gasteiger partial charge in [-0.25, -0.2) is 9.97 Å². The minimum atomic E-state index is -4.78. The van der Waals surface area contributed by atoms with Gasteiger partial charge < -0.3 is 14.8 Å². The number of morpholine rings is 1. The maximum Gasteiger partial charge on any atom is 0.573 e. The first-order valence-electron chi connectivity index (χ1n) is 11.6. The van der Waals surface area contributed by atoms with E-state index in [0.717, 1.165) is 24.2 Å². The maximum absolute atomic E-state index is 12.8. The van der Waals surface area contributed by atoms with Crippen molar-refractivity contribution in [3.05, 3.63) is 71.2 Å². The van der Waals surface area contributed by atoms with Crippen molar-refractivity contribution in [1.29, 1.82) is 0 Å². The van der Waals surface area contributed by atoms with Crippen LogP contribution < -0.4 is 10.1 Å². The van der Waals surface area contributed by atoms with Crippen molar-refractivity contribution < 1.29 is 27.4 Å². The van der Waals surface area contributed by atoms with Crippen LogP contribution in [0.2, 0.25) is 0 Å². The van der Waals surface area contributed by atoms with Crippen LogP contribution in [-0.2, 0) is 22.5 Å². The second-order valence-corrected chi connectivity index (χ2v) is 9.38. The van der Waals surface area contributed by atoms with Gasteiger partial charge in [-0.2, -0.15) is 0 Å². The van der Waals surface area contributed by atoms with Crippen LogP contribution in [0.3, 0.4) is 0 Å². The maximum atomic E-state index is 12.8. The molecule has 5 rings (SSSR count). The summed E-state index contributed by atoms with van der Waals surface area (Å²) in [6.07, 6.45) is -4.71. The van der Waals surface area contributed by atoms with E-state index in [1.54, 1.807) is 12.1 Å². The summed E-state index contributed by atoms with van der Waals surface area (Å²) in [5.74, 6) is -0.552. The number of amides is 1. The highest BCUT2D eigenvalue weighted by molar-refractivity contribution is 7.13. The monoisotopic (exact) mass is 528 g/mol. The van der Waals surface area contributed by atoms with Crippen LogP contribution in [0.15, 0.2) is 60.0 Å². The molecule has 0 atom stereocenters. The number of benzene rings is 2. The van der Waals surface area contributed by atoms with E-state index in [1.165, 1.54) is 29.5 Å². The highest BCUT2D eigenvalue weighted by Crippen LogP contribution is 2.29. The number of nitrogens with one attached hydrogen (secondary N) is 1. The lowest BCUT2D eigenvalue weighted by molar-refractivity contribution is -0.274. The molecule has 1 fully saturated rings. The zero-order chi connectivity index (χ0) is 25.8. The fourth-order valence-electron chi connectivity index (χ4n) is 4.13. The van der Waals surface area contributed by atoms with Crippen LogP contribution in [0.1, 0.15) is 11.3 Å². The van der Waals surface area contributed by atoms with E-state index < -0.39 is 6.36 Å². The number of rotatable bonds is 7. The molecule has 1 amide bonds. The average molecular weight is 529 g/mol. The Morgan fingerprint density at radius 3 is 2.70 bits per heavy atom. The minimum absolute atomic E-state index is 0.0728. The highest BCUT2D eigenvalue weighted by atomic mass is 32.1. The SMILES string of the molecule is O=C(Cc1cccc2ccc(-c3cccc(OC(F)(F)F)c3)nc12)Nc1nc(CN2CCOCC2)cs1. The van der Waals surface area contributed by atoms with Crippen molar-refractivity contribution in [2.24, 2.45) is 0 Å². The van der Waals surface area contributed by atoms with Crippen LogP contribution in [0, 0.1) is 0 Å². The van der Waals surface area contributed by atoms with E-state index in [4.69, 9.17) is 4.74 Å². The predicted molar refractivity (Wildman–Crippen MR) is 134 cm³/mol. The molecule has 2 aromatic heterocycles. The second-order valence-electron chi connectivity index (χ2n) is 8.52. The molecule has 3 heterocycles. The molecule has 0 saturated carbocycles. The Bertz CT molecular complexity index is 1400. The molecule has 11 heteroatoms. The Balaban J connectivity index is 1.30. The summed E-state index contributed by atoms with van der Waals surface area (Å²) < 4.78 is 47.3. The summed E-state index contributed by atoms with van der Waals surface area (Å²) in [6.45, 7) is 3.84. The van der Waals surface area contributed by atoms with E-state index in [2.05, 4.69) is 24.9 Å². The Labute approximate surface area is 214 Å². The lowest BCUT2D eigenvalue weighted by Gasteiger charge is -2.25. The van der Waals surface area contributed by atoms with E-state index in [1.807, 2.05) is 29.6 Å². The molecule has 0 spiro atoms. The number of halogens is 3. The average Bonchev–Trinajstić information content (AvgIpc) is 3.30. The molecule has 4 aromatic rings. The number of anilines is 1. The van der Waals surface area contributed by atoms with Crippen LogP contribution in [0.25, 0.3) is 22.2 Å². The first-order valence-corrected chi connectivity index (χ1v) is 12.5. The highest BCUT2D eigenvalue weighted by Gasteiger charge is 2.31. The zero-order valence-corrected chi connectivity index (χ0v) is 20.4. The summed E-state index contributed by atoms with van der Waals surface area (Å²) in [5, 5.41) is 6.15. The van der Waals surface area contributed by atoms with Gasteiger partial charge in [-0.3, -0.25) is 9.69 Å².